The predicted octanol–water partition coefficient (Wildman–Crippen LogP) is 5.43. The molecule has 21 heavy (non-hydrogen) atoms. The Kier molecular flexibility index (Phi) is 22.0. The highest BCUT2D eigenvalue weighted by atomic mass is 15.1. The molecule has 130 valence electrons. The summed E-state index contributed by atoms with van der Waals surface area (Å²) in [7, 11) is 0. The highest BCUT2D eigenvalue weighted by Crippen LogP contribution is 2.07. The molecule has 2 aliphatic heterocycles. The Balaban J connectivity index is 0. The average Bonchev–Trinajstić information content (AvgIpc) is 2.59. The van der Waals surface area contributed by atoms with Gasteiger partial charge in [-0.25, -0.2) is 0 Å². The topological polar surface area (TPSA) is 6.48 Å². The van der Waals surface area contributed by atoms with Crippen molar-refractivity contribution < 1.29 is 0 Å². The second kappa shape index (κ2) is 19.9. The number of hydrogen-bond donors (Lipinski definition) is 0. The lowest BCUT2D eigenvalue weighted by molar-refractivity contribution is 0.240. The summed E-state index contributed by atoms with van der Waals surface area (Å²) < 4.78 is 0. The first-order valence-electron chi connectivity index (χ1n) is 9.73. The van der Waals surface area contributed by atoms with Gasteiger partial charge in [-0.2, -0.15) is 0 Å². The standard InChI is InChI=1S/2C7H15N.C3H8.C2H6/c2*1-2-8-6-4-3-5-7-8;1-3-2;1-2/h2*2-7H2,1H3;3H2,1-2H3;1-2H3. The maximum atomic E-state index is 2.52. The van der Waals surface area contributed by atoms with Crippen LogP contribution in [0.25, 0.3) is 0 Å². The zero-order valence-corrected chi connectivity index (χ0v) is 16.1. The van der Waals surface area contributed by atoms with Crippen molar-refractivity contribution in [2.24, 2.45) is 0 Å². The molecule has 2 aliphatic rings. The number of rotatable bonds is 2. The van der Waals surface area contributed by atoms with E-state index < -0.39 is 0 Å². The van der Waals surface area contributed by atoms with Crippen molar-refractivity contribution in [3.05, 3.63) is 0 Å². The van der Waals surface area contributed by atoms with Gasteiger partial charge in [-0.15, -0.1) is 0 Å². The van der Waals surface area contributed by atoms with Crippen molar-refractivity contribution in [2.75, 3.05) is 39.3 Å². The summed E-state index contributed by atoms with van der Waals surface area (Å²) in [6, 6.07) is 0. The van der Waals surface area contributed by atoms with Crippen LogP contribution in [-0.4, -0.2) is 49.1 Å². The van der Waals surface area contributed by atoms with Gasteiger partial charge in [0, 0.05) is 0 Å². The molecule has 2 heteroatoms. The average molecular weight is 301 g/mol. The van der Waals surface area contributed by atoms with Crippen LogP contribution in [0.5, 0.6) is 0 Å². The van der Waals surface area contributed by atoms with E-state index in [0.717, 1.165) is 0 Å². The zero-order chi connectivity index (χ0) is 16.3. The molecule has 2 rings (SSSR count). The van der Waals surface area contributed by atoms with E-state index in [1.54, 1.807) is 0 Å². The molecule has 2 heterocycles. The second-order valence-electron chi connectivity index (χ2n) is 5.70. The molecular formula is C19H44N2. The van der Waals surface area contributed by atoms with Crippen molar-refractivity contribution >= 4 is 0 Å². The fraction of sp³-hybridized carbons (Fsp3) is 1.00. The lowest BCUT2D eigenvalue weighted by Crippen LogP contribution is -2.29. The molecular weight excluding hydrogens is 256 g/mol. The van der Waals surface area contributed by atoms with Crippen molar-refractivity contribution in [1.29, 1.82) is 0 Å². The van der Waals surface area contributed by atoms with Crippen LogP contribution in [0.3, 0.4) is 0 Å². The van der Waals surface area contributed by atoms with E-state index in [-0.39, 0.29) is 0 Å². The first-order chi connectivity index (χ1) is 10.3. The highest BCUT2D eigenvalue weighted by molar-refractivity contribution is 4.62. The highest BCUT2D eigenvalue weighted by Gasteiger charge is 2.06. The summed E-state index contributed by atoms with van der Waals surface area (Å²) in [6.45, 7) is 20.6. The lowest BCUT2D eigenvalue weighted by atomic mass is 10.1. The van der Waals surface area contributed by atoms with E-state index in [2.05, 4.69) is 37.5 Å². The summed E-state index contributed by atoms with van der Waals surface area (Å²) in [5.41, 5.74) is 0. The van der Waals surface area contributed by atoms with Crippen LogP contribution in [0.4, 0.5) is 0 Å². The van der Waals surface area contributed by atoms with Gasteiger partial charge in [0.1, 0.15) is 0 Å². The van der Waals surface area contributed by atoms with E-state index in [9.17, 15) is 0 Å². The summed E-state index contributed by atoms with van der Waals surface area (Å²) in [5, 5.41) is 0. The smallest absolute Gasteiger partial charge is 0.00188 e. The predicted molar refractivity (Wildman–Crippen MR) is 99.2 cm³/mol. The third-order valence-corrected chi connectivity index (χ3v) is 3.79. The van der Waals surface area contributed by atoms with Gasteiger partial charge in [-0.05, 0) is 65.0 Å². The van der Waals surface area contributed by atoms with Gasteiger partial charge >= 0.3 is 0 Å². The first-order valence-corrected chi connectivity index (χ1v) is 9.73. The van der Waals surface area contributed by atoms with Gasteiger partial charge in [0.15, 0.2) is 0 Å². The molecule has 0 unspecified atom stereocenters. The summed E-state index contributed by atoms with van der Waals surface area (Å²) >= 11 is 0. The van der Waals surface area contributed by atoms with E-state index in [1.165, 1.54) is 84.2 Å². The Morgan fingerprint density at radius 2 is 0.762 bits per heavy atom. The molecule has 0 atom stereocenters. The number of nitrogens with zero attached hydrogens (tertiary/aromatic N) is 2. The summed E-state index contributed by atoms with van der Waals surface area (Å²) in [5.74, 6) is 0. The molecule has 0 aromatic rings. The number of hydrogen-bond acceptors (Lipinski definition) is 2. The van der Waals surface area contributed by atoms with Crippen LogP contribution in [-0.2, 0) is 0 Å². The minimum Gasteiger partial charge on any atom is -0.304 e. The van der Waals surface area contributed by atoms with Crippen LogP contribution >= 0.6 is 0 Å². The molecule has 2 nitrogen and oxygen atoms in total. The van der Waals surface area contributed by atoms with Gasteiger partial charge in [-0.1, -0.05) is 60.8 Å². The molecule has 0 aliphatic carbocycles. The Morgan fingerprint density at radius 3 is 0.905 bits per heavy atom. The van der Waals surface area contributed by atoms with Crippen LogP contribution < -0.4 is 0 Å². The van der Waals surface area contributed by atoms with E-state index in [1.807, 2.05) is 13.8 Å². The van der Waals surface area contributed by atoms with E-state index >= 15 is 0 Å². The molecule has 0 aromatic heterocycles. The second-order valence-corrected chi connectivity index (χ2v) is 5.70. The van der Waals surface area contributed by atoms with Crippen LogP contribution in [0.1, 0.15) is 86.5 Å². The van der Waals surface area contributed by atoms with Crippen molar-refractivity contribution in [2.45, 2.75) is 86.5 Å². The van der Waals surface area contributed by atoms with Gasteiger partial charge in [-0.3, -0.25) is 0 Å². The van der Waals surface area contributed by atoms with E-state index in [0.29, 0.717) is 0 Å². The van der Waals surface area contributed by atoms with Crippen LogP contribution in [0, 0.1) is 0 Å². The number of likely N-dealkylation sites (tertiary alicyclic amines) is 2. The first kappa shape index (κ1) is 23.2. The molecule has 0 radical (unpaired) electrons. The zero-order valence-electron chi connectivity index (χ0n) is 16.1. The molecule has 0 N–H and O–H groups in total. The minimum absolute atomic E-state index is 1.25. The van der Waals surface area contributed by atoms with Crippen molar-refractivity contribution in [3.63, 3.8) is 0 Å². The number of piperidine rings is 2. The molecule has 2 fully saturated rings. The molecule has 0 saturated carbocycles. The van der Waals surface area contributed by atoms with Gasteiger partial charge < -0.3 is 9.80 Å². The van der Waals surface area contributed by atoms with Gasteiger partial charge in [0.05, 0.1) is 0 Å². The molecule has 0 amide bonds. The van der Waals surface area contributed by atoms with Crippen molar-refractivity contribution in [3.8, 4) is 0 Å². The molecule has 0 aromatic carbocycles. The van der Waals surface area contributed by atoms with Crippen molar-refractivity contribution in [1.82, 2.24) is 9.80 Å². The Labute approximate surface area is 136 Å². The normalized spacial score (nSPS) is 19.1. The van der Waals surface area contributed by atoms with Crippen LogP contribution in [0.15, 0.2) is 0 Å². The molecule has 0 bridgehead atoms. The maximum Gasteiger partial charge on any atom is -0.00188 e. The largest absolute Gasteiger partial charge is 0.304 e. The Hall–Kier alpha value is -0.0800. The van der Waals surface area contributed by atoms with Gasteiger partial charge in [0.25, 0.3) is 0 Å². The van der Waals surface area contributed by atoms with Crippen LogP contribution in [0.2, 0.25) is 0 Å². The quantitative estimate of drug-likeness (QED) is 0.671. The lowest BCUT2D eigenvalue weighted by Gasteiger charge is -2.24. The molecule has 0 spiro atoms. The third kappa shape index (κ3) is 16.1. The summed E-state index contributed by atoms with van der Waals surface area (Å²) in [6.07, 6.45) is 9.86. The monoisotopic (exact) mass is 300 g/mol. The summed E-state index contributed by atoms with van der Waals surface area (Å²) in [4.78, 5) is 5.03. The molecule has 2 saturated heterocycles. The fourth-order valence-electron chi connectivity index (χ4n) is 2.55. The Bertz CT molecular complexity index is 141. The maximum absolute atomic E-state index is 2.52. The van der Waals surface area contributed by atoms with Gasteiger partial charge in [0.2, 0.25) is 0 Å². The Morgan fingerprint density at radius 1 is 0.524 bits per heavy atom. The SMILES string of the molecule is CC.CCC.CCN1CCCCC1.CCN1CCCCC1. The van der Waals surface area contributed by atoms with E-state index in [4.69, 9.17) is 0 Å². The fourth-order valence-corrected chi connectivity index (χ4v) is 2.55. The third-order valence-electron chi connectivity index (χ3n) is 3.79. The minimum atomic E-state index is 1.25.